The Morgan fingerprint density at radius 2 is 2.43 bits per heavy atom. The van der Waals surface area contributed by atoms with E-state index < -0.39 is 0 Å². The summed E-state index contributed by atoms with van der Waals surface area (Å²) in [6.45, 7) is 5.49. The van der Waals surface area contributed by atoms with Crippen molar-refractivity contribution in [2.24, 2.45) is 0 Å². The van der Waals surface area contributed by atoms with Crippen LogP contribution in [-0.2, 0) is 0 Å². The van der Waals surface area contributed by atoms with Gasteiger partial charge in [-0.15, -0.1) is 0 Å². The molecule has 0 spiro atoms. The zero-order chi connectivity index (χ0) is 5.70. The van der Waals surface area contributed by atoms with E-state index in [0.717, 1.165) is 6.42 Å². The molecule has 0 rings (SSSR count). The highest BCUT2D eigenvalue weighted by Gasteiger charge is 1.92. The molecule has 0 bridgehead atoms. The van der Waals surface area contributed by atoms with Crippen molar-refractivity contribution in [1.82, 2.24) is 5.32 Å². The first-order valence-corrected chi connectivity index (χ1v) is 2.53. The molecule has 2 nitrogen and oxygen atoms in total. The second-order valence-electron chi connectivity index (χ2n) is 1.38. The van der Waals surface area contributed by atoms with Crippen LogP contribution in [0.5, 0.6) is 0 Å². The predicted molar refractivity (Wildman–Crippen MR) is 29.4 cm³/mol. The number of aliphatic hydroxyl groups is 1. The summed E-state index contributed by atoms with van der Waals surface area (Å²) in [5.41, 5.74) is 0. The molecular weight excluding hydrogens is 90.1 g/mol. The molecule has 1 atom stereocenters. The van der Waals surface area contributed by atoms with Gasteiger partial charge in [-0.25, -0.2) is 0 Å². The van der Waals surface area contributed by atoms with Crippen LogP contribution in [0.3, 0.4) is 0 Å². The number of nitrogens with one attached hydrogen (secondary N) is 1. The Hall–Kier alpha value is -0.0800. The molecule has 2 N–H and O–H groups in total. The van der Waals surface area contributed by atoms with E-state index in [1.807, 2.05) is 13.8 Å². The molecule has 0 saturated carbocycles. The maximum Gasteiger partial charge on any atom is 0.104 e. The molecule has 0 saturated heterocycles. The smallest absolute Gasteiger partial charge is 0.104 e. The molecule has 0 aromatic carbocycles. The molecule has 0 aromatic heterocycles. The highest BCUT2D eigenvalue weighted by atomic mass is 16.3. The maximum absolute atomic E-state index is 8.72. The highest BCUT2D eigenvalue weighted by molar-refractivity contribution is 4.54. The van der Waals surface area contributed by atoms with Crippen LogP contribution in [0.2, 0.25) is 0 Å². The van der Waals surface area contributed by atoms with Gasteiger partial charge in [0.15, 0.2) is 0 Å². The molecule has 0 fully saturated rings. The van der Waals surface area contributed by atoms with Gasteiger partial charge in [-0.2, -0.15) is 0 Å². The summed E-state index contributed by atoms with van der Waals surface area (Å²) in [6, 6.07) is 0. The predicted octanol–water partition coefficient (Wildman–Crippen LogP) is 0.486. The lowest BCUT2D eigenvalue weighted by Gasteiger charge is -2.04. The van der Waals surface area contributed by atoms with Crippen LogP contribution >= 0.6 is 0 Å². The summed E-state index contributed by atoms with van der Waals surface area (Å²) in [4.78, 5) is 0. The minimum atomic E-state index is -0.356. The van der Waals surface area contributed by atoms with Gasteiger partial charge in [0.25, 0.3) is 0 Å². The molecule has 1 radical (unpaired) electrons. The lowest BCUT2D eigenvalue weighted by atomic mass is 10.4. The van der Waals surface area contributed by atoms with Gasteiger partial charge in [-0.1, -0.05) is 6.92 Å². The van der Waals surface area contributed by atoms with Gasteiger partial charge < -0.3 is 5.11 Å². The summed E-state index contributed by atoms with van der Waals surface area (Å²) in [5, 5.41) is 11.4. The Labute approximate surface area is 44.5 Å². The van der Waals surface area contributed by atoms with Crippen LogP contribution in [0.15, 0.2) is 0 Å². The molecule has 0 aliphatic heterocycles. The third-order valence-corrected chi connectivity index (χ3v) is 0.746. The fourth-order valence-corrected chi connectivity index (χ4v) is 0.310. The standard InChI is InChI=1S/C5H12NO/c1-3-5(7)6-4-2/h4-7H,3H2,1-2H3. The molecule has 0 heterocycles. The number of hydrogen-bond acceptors (Lipinski definition) is 2. The molecule has 0 aliphatic rings. The molecule has 0 aromatic rings. The van der Waals surface area contributed by atoms with Gasteiger partial charge in [-0.3, -0.25) is 5.32 Å². The van der Waals surface area contributed by atoms with E-state index in [4.69, 9.17) is 5.11 Å². The first-order chi connectivity index (χ1) is 3.31. The van der Waals surface area contributed by atoms with Crippen LogP contribution in [0, 0.1) is 6.54 Å². The quantitative estimate of drug-likeness (QED) is 0.508. The first-order valence-electron chi connectivity index (χ1n) is 2.53. The first kappa shape index (κ1) is 6.92. The number of hydrogen-bond donors (Lipinski definition) is 2. The molecule has 43 valence electrons. The summed E-state index contributed by atoms with van der Waals surface area (Å²) in [5.74, 6) is 0. The van der Waals surface area contributed by atoms with Gasteiger partial charge in [-0.05, 0) is 13.3 Å². The van der Waals surface area contributed by atoms with Gasteiger partial charge in [0.2, 0.25) is 0 Å². The summed E-state index contributed by atoms with van der Waals surface area (Å²) < 4.78 is 0. The second-order valence-corrected chi connectivity index (χ2v) is 1.38. The topological polar surface area (TPSA) is 32.3 Å². The van der Waals surface area contributed by atoms with Crippen molar-refractivity contribution in [1.29, 1.82) is 0 Å². The van der Waals surface area contributed by atoms with Crippen molar-refractivity contribution >= 4 is 0 Å². The molecule has 2 heteroatoms. The average Bonchev–Trinajstić information content (AvgIpc) is 1.68. The third-order valence-electron chi connectivity index (χ3n) is 0.746. The van der Waals surface area contributed by atoms with E-state index in [2.05, 4.69) is 5.32 Å². The lowest BCUT2D eigenvalue weighted by Crippen LogP contribution is -2.23. The molecule has 0 amide bonds. The van der Waals surface area contributed by atoms with E-state index in [1.54, 1.807) is 6.54 Å². The lowest BCUT2D eigenvalue weighted by molar-refractivity contribution is 0.144. The molecular formula is C5H12NO. The maximum atomic E-state index is 8.72. The molecule has 7 heavy (non-hydrogen) atoms. The second kappa shape index (κ2) is 4.09. The zero-order valence-electron chi connectivity index (χ0n) is 4.81. The van der Waals surface area contributed by atoms with E-state index in [9.17, 15) is 0 Å². The van der Waals surface area contributed by atoms with E-state index in [1.165, 1.54) is 0 Å². The van der Waals surface area contributed by atoms with Gasteiger partial charge >= 0.3 is 0 Å². The van der Waals surface area contributed by atoms with Crippen LogP contribution < -0.4 is 5.32 Å². The fourth-order valence-electron chi connectivity index (χ4n) is 0.310. The monoisotopic (exact) mass is 102 g/mol. The minimum Gasteiger partial charge on any atom is -0.379 e. The Kier molecular flexibility index (Phi) is 4.04. The zero-order valence-corrected chi connectivity index (χ0v) is 4.81. The van der Waals surface area contributed by atoms with Crippen LogP contribution in [0.25, 0.3) is 0 Å². The Balaban J connectivity index is 2.83. The number of aliphatic hydroxyl groups excluding tert-OH is 1. The Bertz CT molecular complexity index is 39.1. The van der Waals surface area contributed by atoms with E-state index >= 15 is 0 Å². The van der Waals surface area contributed by atoms with Crippen molar-refractivity contribution in [3.05, 3.63) is 6.54 Å². The minimum absolute atomic E-state index is 0.356. The average molecular weight is 102 g/mol. The van der Waals surface area contributed by atoms with Crippen molar-refractivity contribution in [3.8, 4) is 0 Å². The highest BCUT2D eigenvalue weighted by Crippen LogP contribution is 1.82. The summed E-state index contributed by atoms with van der Waals surface area (Å²) in [6.07, 6.45) is 0.398. The normalized spacial score (nSPS) is 14.1. The van der Waals surface area contributed by atoms with E-state index in [-0.39, 0.29) is 6.23 Å². The summed E-state index contributed by atoms with van der Waals surface area (Å²) in [7, 11) is 0. The van der Waals surface area contributed by atoms with Crippen LogP contribution in [0.1, 0.15) is 20.3 Å². The Morgan fingerprint density at radius 1 is 1.86 bits per heavy atom. The Morgan fingerprint density at radius 3 is 2.57 bits per heavy atom. The largest absolute Gasteiger partial charge is 0.379 e. The van der Waals surface area contributed by atoms with Gasteiger partial charge in [0.1, 0.15) is 6.23 Å². The van der Waals surface area contributed by atoms with E-state index in [0.29, 0.717) is 0 Å². The van der Waals surface area contributed by atoms with Gasteiger partial charge in [0.05, 0.1) is 0 Å². The van der Waals surface area contributed by atoms with Gasteiger partial charge in [0, 0.05) is 6.54 Å². The van der Waals surface area contributed by atoms with Crippen LogP contribution in [-0.4, -0.2) is 11.3 Å². The molecule has 0 aliphatic carbocycles. The number of rotatable bonds is 3. The van der Waals surface area contributed by atoms with Crippen molar-refractivity contribution < 1.29 is 5.11 Å². The fraction of sp³-hybridized carbons (Fsp3) is 0.800. The van der Waals surface area contributed by atoms with Crippen molar-refractivity contribution in [3.63, 3.8) is 0 Å². The van der Waals surface area contributed by atoms with Crippen LogP contribution in [0.4, 0.5) is 0 Å². The van der Waals surface area contributed by atoms with Crippen molar-refractivity contribution in [2.75, 3.05) is 0 Å². The third kappa shape index (κ3) is 3.76. The molecule has 1 unspecified atom stereocenters. The van der Waals surface area contributed by atoms with Crippen molar-refractivity contribution in [2.45, 2.75) is 26.5 Å². The SMILES string of the molecule is C[CH]NC(O)CC. The summed E-state index contributed by atoms with van der Waals surface area (Å²) >= 11 is 0.